The fourth-order valence-electron chi connectivity index (χ4n) is 4.06. The summed E-state index contributed by atoms with van der Waals surface area (Å²) in [5.74, 6) is -1.62. The minimum Gasteiger partial charge on any atom is -0.495 e. The molecule has 0 amide bonds. The fourth-order valence-corrected chi connectivity index (χ4v) is 4.06. The van der Waals surface area contributed by atoms with E-state index in [1.54, 1.807) is 20.5 Å². The number of ether oxygens (including phenoxy) is 1. The summed E-state index contributed by atoms with van der Waals surface area (Å²) >= 11 is 0. The quantitative estimate of drug-likeness (QED) is 0.411. The Hall–Kier alpha value is -4.39. The third kappa shape index (κ3) is 6.44. The molecule has 1 aliphatic heterocycles. The number of methoxy groups -OCH3 is 1. The zero-order valence-electron chi connectivity index (χ0n) is 20.9. The van der Waals surface area contributed by atoms with Crippen molar-refractivity contribution >= 4 is 28.8 Å². The van der Waals surface area contributed by atoms with Crippen LogP contribution in [0.15, 0.2) is 52.3 Å². The molecular formula is C24H30N6O7. The number of aromatic nitrogens is 4. The fraction of sp³-hybridized carbons (Fsp3) is 0.375. The van der Waals surface area contributed by atoms with Gasteiger partial charge in [-0.15, -0.1) is 0 Å². The molecule has 37 heavy (non-hydrogen) atoms. The number of anilines is 1. The summed E-state index contributed by atoms with van der Waals surface area (Å²) in [7, 11) is 4.83. The first-order valence-electron chi connectivity index (χ1n) is 11.5. The summed E-state index contributed by atoms with van der Waals surface area (Å²) in [6.45, 7) is 5.17. The number of para-hydroxylation sites is 2. The molecule has 0 bridgehead atoms. The molecule has 3 heterocycles. The first kappa shape index (κ1) is 27.2. The van der Waals surface area contributed by atoms with Crippen LogP contribution >= 0.6 is 0 Å². The van der Waals surface area contributed by atoms with E-state index in [9.17, 15) is 19.2 Å². The third-order valence-corrected chi connectivity index (χ3v) is 6.04. The van der Waals surface area contributed by atoms with Gasteiger partial charge >= 0.3 is 17.6 Å². The molecule has 0 radical (unpaired) electrons. The molecular weight excluding hydrogens is 484 g/mol. The number of carbonyl (C=O) groups is 2. The maximum Gasteiger partial charge on any atom is 0.332 e. The molecule has 13 heteroatoms. The molecule has 0 aliphatic carbocycles. The van der Waals surface area contributed by atoms with Crippen LogP contribution in [0.2, 0.25) is 0 Å². The van der Waals surface area contributed by atoms with E-state index in [-0.39, 0.29) is 11.2 Å². The molecule has 0 spiro atoms. The van der Waals surface area contributed by atoms with Gasteiger partial charge in [0, 0.05) is 65.5 Å². The van der Waals surface area contributed by atoms with Crippen molar-refractivity contribution in [3.8, 4) is 5.75 Å². The van der Waals surface area contributed by atoms with E-state index < -0.39 is 11.9 Å². The average Bonchev–Trinajstić information content (AvgIpc) is 3.33. The number of hydrogen-bond donors (Lipinski definition) is 2. The summed E-state index contributed by atoms with van der Waals surface area (Å²) in [4.78, 5) is 52.7. The van der Waals surface area contributed by atoms with Crippen LogP contribution in [0.5, 0.6) is 5.75 Å². The van der Waals surface area contributed by atoms with Gasteiger partial charge in [0.25, 0.3) is 5.56 Å². The van der Waals surface area contributed by atoms with Crippen LogP contribution in [-0.2, 0) is 30.2 Å². The number of rotatable bonds is 7. The zero-order chi connectivity index (χ0) is 27.1. The van der Waals surface area contributed by atoms with E-state index >= 15 is 0 Å². The van der Waals surface area contributed by atoms with Crippen molar-refractivity contribution in [3.05, 3.63) is 63.6 Å². The van der Waals surface area contributed by atoms with E-state index in [4.69, 9.17) is 14.9 Å². The van der Waals surface area contributed by atoms with E-state index in [1.807, 2.05) is 22.8 Å². The molecule has 1 saturated heterocycles. The van der Waals surface area contributed by atoms with Gasteiger partial charge in [-0.2, -0.15) is 0 Å². The SMILES string of the molecule is COc1ccccc1N1CCN(CCn2cnc3c2c(=O)n(C)c(=O)n3C)CC1.O=C(O)/C=C/C(=O)O. The number of benzene rings is 1. The van der Waals surface area contributed by atoms with Crippen molar-refractivity contribution in [2.24, 2.45) is 14.1 Å². The van der Waals surface area contributed by atoms with Crippen LogP contribution in [0.3, 0.4) is 0 Å². The van der Waals surface area contributed by atoms with Gasteiger partial charge in [-0.1, -0.05) is 12.1 Å². The second-order valence-electron chi connectivity index (χ2n) is 8.33. The van der Waals surface area contributed by atoms with Crippen LogP contribution < -0.4 is 20.9 Å². The second kappa shape index (κ2) is 12.0. The second-order valence-corrected chi connectivity index (χ2v) is 8.33. The minimum atomic E-state index is -1.26. The van der Waals surface area contributed by atoms with Crippen LogP contribution in [0, 0.1) is 0 Å². The third-order valence-electron chi connectivity index (χ3n) is 6.04. The molecule has 4 rings (SSSR count). The van der Waals surface area contributed by atoms with Gasteiger partial charge < -0.3 is 24.4 Å². The van der Waals surface area contributed by atoms with Crippen LogP contribution in [0.1, 0.15) is 0 Å². The molecule has 0 unspecified atom stereocenters. The molecule has 13 nitrogen and oxygen atoms in total. The van der Waals surface area contributed by atoms with Crippen molar-refractivity contribution in [3.63, 3.8) is 0 Å². The van der Waals surface area contributed by atoms with Crippen molar-refractivity contribution in [2.75, 3.05) is 44.7 Å². The van der Waals surface area contributed by atoms with E-state index in [0.29, 0.717) is 29.9 Å². The largest absolute Gasteiger partial charge is 0.495 e. The Balaban J connectivity index is 0.000000414. The van der Waals surface area contributed by atoms with Crippen molar-refractivity contribution in [1.29, 1.82) is 0 Å². The lowest BCUT2D eigenvalue weighted by atomic mass is 10.2. The van der Waals surface area contributed by atoms with Gasteiger partial charge in [0.1, 0.15) is 5.75 Å². The highest BCUT2D eigenvalue weighted by atomic mass is 16.5. The van der Waals surface area contributed by atoms with Gasteiger partial charge in [-0.05, 0) is 12.1 Å². The molecule has 0 atom stereocenters. The first-order valence-corrected chi connectivity index (χ1v) is 11.5. The smallest absolute Gasteiger partial charge is 0.332 e. The first-order chi connectivity index (χ1) is 17.6. The Bertz CT molecular complexity index is 1400. The Morgan fingerprint density at radius 1 is 0.973 bits per heavy atom. The summed E-state index contributed by atoms with van der Waals surface area (Å²) < 4.78 is 9.88. The van der Waals surface area contributed by atoms with E-state index in [0.717, 1.165) is 48.7 Å². The maximum atomic E-state index is 12.6. The van der Waals surface area contributed by atoms with Gasteiger partial charge in [0.15, 0.2) is 11.2 Å². The highest BCUT2D eigenvalue weighted by Gasteiger charge is 2.20. The standard InChI is InChI=1S/C20H26N6O3.C4H4O4/c1-22-18-17(19(27)23(2)20(22)28)26(14-21-18)13-10-24-8-11-25(12-9-24)15-6-4-5-7-16(15)29-3;5-3(6)1-2-4(7)8/h4-7,14H,8-13H2,1-3H3;1-2H,(H,5,6)(H,7,8)/b;2-1+. The topological polar surface area (TPSA) is 152 Å². The number of nitrogens with zero attached hydrogens (tertiary/aromatic N) is 6. The number of piperazine rings is 1. The van der Waals surface area contributed by atoms with E-state index in [2.05, 4.69) is 20.9 Å². The molecule has 1 fully saturated rings. The molecule has 2 N–H and O–H groups in total. The normalized spacial score (nSPS) is 14.0. The van der Waals surface area contributed by atoms with Crippen LogP contribution in [-0.4, -0.2) is 85.6 Å². The summed E-state index contributed by atoms with van der Waals surface area (Å²) in [5.41, 5.74) is 1.36. The van der Waals surface area contributed by atoms with Gasteiger partial charge in [0.05, 0.1) is 19.1 Å². The lowest BCUT2D eigenvalue weighted by molar-refractivity contribution is -0.134. The predicted molar refractivity (Wildman–Crippen MR) is 136 cm³/mol. The molecule has 198 valence electrons. The van der Waals surface area contributed by atoms with Gasteiger partial charge in [0.2, 0.25) is 0 Å². The highest BCUT2D eigenvalue weighted by molar-refractivity contribution is 5.89. The number of carboxylic acid groups (broad SMARTS) is 2. The van der Waals surface area contributed by atoms with Gasteiger partial charge in [-0.25, -0.2) is 19.4 Å². The lowest BCUT2D eigenvalue weighted by Gasteiger charge is -2.36. The van der Waals surface area contributed by atoms with Crippen molar-refractivity contribution in [2.45, 2.75) is 6.54 Å². The van der Waals surface area contributed by atoms with Crippen LogP contribution in [0.25, 0.3) is 11.2 Å². The Morgan fingerprint density at radius 3 is 2.19 bits per heavy atom. The molecule has 1 aliphatic rings. The predicted octanol–water partition coefficient (Wildman–Crippen LogP) is -0.0237. The van der Waals surface area contributed by atoms with Crippen molar-refractivity contribution < 1.29 is 24.5 Å². The number of fused-ring (bicyclic) bond motifs is 1. The molecule has 1 aromatic carbocycles. The Labute approximate surface area is 212 Å². The monoisotopic (exact) mass is 514 g/mol. The Morgan fingerprint density at radius 2 is 1.59 bits per heavy atom. The summed E-state index contributed by atoms with van der Waals surface area (Å²) in [5, 5.41) is 15.6. The Kier molecular flexibility index (Phi) is 8.85. The number of carboxylic acids is 2. The summed E-state index contributed by atoms with van der Waals surface area (Å²) in [6, 6.07) is 8.09. The number of imidazole rings is 1. The molecule has 0 saturated carbocycles. The van der Waals surface area contributed by atoms with E-state index in [1.165, 1.54) is 11.6 Å². The number of aryl methyl sites for hydroxylation is 1. The maximum absolute atomic E-state index is 12.6. The van der Waals surface area contributed by atoms with Crippen LogP contribution in [0.4, 0.5) is 5.69 Å². The van der Waals surface area contributed by atoms with Crippen molar-refractivity contribution in [1.82, 2.24) is 23.6 Å². The average molecular weight is 515 g/mol. The minimum absolute atomic E-state index is 0.304. The van der Waals surface area contributed by atoms with Gasteiger partial charge in [-0.3, -0.25) is 18.8 Å². The summed E-state index contributed by atoms with van der Waals surface area (Å²) in [6.07, 6.45) is 2.77. The molecule has 3 aromatic rings. The number of hydrogen-bond acceptors (Lipinski definition) is 8. The highest BCUT2D eigenvalue weighted by Crippen LogP contribution is 2.28. The number of aliphatic carboxylic acids is 2. The zero-order valence-corrected chi connectivity index (χ0v) is 20.9. The molecule has 2 aromatic heterocycles. The lowest BCUT2D eigenvalue weighted by Crippen LogP contribution is -2.47.